The summed E-state index contributed by atoms with van der Waals surface area (Å²) < 4.78 is 1.55. The van der Waals surface area contributed by atoms with Crippen LogP contribution in [0.4, 0.5) is 0 Å². The smallest absolute Gasteiger partial charge is 0.117 e. The van der Waals surface area contributed by atoms with Gasteiger partial charge in [-0.1, -0.05) is 5.21 Å². The van der Waals surface area contributed by atoms with Crippen molar-refractivity contribution in [3.8, 4) is 5.75 Å². The van der Waals surface area contributed by atoms with E-state index in [0.717, 1.165) is 5.52 Å². The number of phenols is 1. The van der Waals surface area contributed by atoms with Crippen LogP contribution in [0.25, 0.3) is 11.0 Å². The van der Waals surface area contributed by atoms with Gasteiger partial charge in [0.15, 0.2) is 0 Å². The first kappa shape index (κ1) is 8.00. The molecular formula is C8H9N3O2. The molecule has 5 nitrogen and oxygen atoms in total. The summed E-state index contributed by atoms with van der Waals surface area (Å²) in [6.07, 6.45) is 0. The summed E-state index contributed by atoms with van der Waals surface area (Å²) >= 11 is 0. The van der Waals surface area contributed by atoms with Crippen molar-refractivity contribution in [3.05, 3.63) is 18.2 Å². The molecule has 0 saturated heterocycles. The summed E-state index contributed by atoms with van der Waals surface area (Å²) in [6.45, 7) is 0.397. The van der Waals surface area contributed by atoms with Gasteiger partial charge in [0, 0.05) is 6.07 Å². The molecule has 13 heavy (non-hydrogen) atoms. The Labute approximate surface area is 74.2 Å². The van der Waals surface area contributed by atoms with Gasteiger partial charge < -0.3 is 10.2 Å². The van der Waals surface area contributed by atoms with Crippen LogP contribution in [-0.4, -0.2) is 31.8 Å². The van der Waals surface area contributed by atoms with Gasteiger partial charge in [0.25, 0.3) is 0 Å². The molecular weight excluding hydrogens is 170 g/mol. The number of aliphatic hydroxyl groups excluding tert-OH is 1. The second kappa shape index (κ2) is 3.02. The number of phenolic OH excluding ortho intramolecular Hbond substituents is 1. The van der Waals surface area contributed by atoms with Crippen molar-refractivity contribution in [1.29, 1.82) is 0 Å². The van der Waals surface area contributed by atoms with Crippen molar-refractivity contribution in [3.63, 3.8) is 0 Å². The fraction of sp³-hybridized carbons (Fsp3) is 0.250. The Kier molecular flexibility index (Phi) is 1.86. The standard InChI is InChI=1S/C8H9N3O2/c12-4-3-11-8-5-6(13)1-2-7(8)9-10-11/h1-2,5,12-13H,3-4H2. The van der Waals surface area contributed by atoms with E-state index in [1.165, 1.54) is 0 Å². The van der Waals surface area contributed by atoms with Crippen LogP contribution >= 0.6 is 0 Å². The molecule has 0 fully saturated rings. The van der Waals surface area contributed by atoms with Gasteiger partial charge >= 0.3 is 0 Å². The molecule has 0 aliphatic rings. The molecule has 0 atom stereocenters. The average molecular weight is 179 g/mol. The van der Waals surface area contributed by atoms with Crippen LogP contribution in [0.1, 0.15) is 0 Å². The molecule has 0 unspecified atom stereocenters. The molecule has 0 saturated carbocycles. The summed E-state index contributed by atoms with van der Waals surface area (Å²) in [5.74, 6) is 0.175. The van der Waals surface area contributed by atoms with E-state index in [1.54, 1.807) is 22.9 Å². The lowest BCUT2D eigenvalue weighted by Gasteiger charge is -1.97. The predicted molar refractivity (Wildman–Crippen MR) is 46.3 cm³/mol. The van der Waals surface area contributed by atoms with Crippen LogP contribution in [0.2, 0.25) is 0 Å². The van der Waals surface area contributed by atoms with Gasteiger partial charge in [-0.05, 0) is 12.1 Å². The zero-order chi connectivity index (χ0) is 9.26. The van der Waals surface area contributed by atoms with Gasteiger partial charge in [0.05, 0.1) is 18.7 Å². The molecule has 1 aromatic carbocycles. The number of aromatic nitrogens is 3. The summed E-state index contributed by atoms with van der Waals surface area (Å²) in [6, 6.07) is 4.82. The normalized spacial score (nSPS) is 10.8. The monoisotopic (exact) mass is 179 g/mol. The molecule has 0 bridgehead atoms. The van der Waals surface area contributed by atoms with Crippen LogP contribution in [0.5, 0.6) is 5.75 Å². The molecule has 2 rings (SSSR count). The number of fused-ring (bicyclic) bond motifs is 1. The third-order valence-corrected chi connectivity index (χ3v) is 1.81. The Bertz CT molecular complexity index is 424. The number of aliphatic hydroxyl groups is 1. The molecule has 68 valence electrons. The van der Waals surface area contributed by atoms with Crippen molar-refractivity contribution in [2.45, 2.75) is 6.54 Å². The second-order valence-electron chi connectivity index (χ2n) is 2.71. The maximum atomic E-state index is 9.21. The van der Waals surface area contributed by atoms with Crippen molar-refractivity contribution in [1.82, 2.24) is 15.0 Å². The predicted octanol–water partition coefficient (Wildman–Crippen LogP) is 0.129. The average Bonchev–Trinajstić information content (AvgIpc) is 2.49. The van der Waals surface area contributed by atoms with Crippen molar-refractivity contribution in [2.24, 2.45) is 0 Å². The topological polar surface area (TPSA) is 71.2 Å². The highest BCUT2D eigenvalue weighted by molar-refractivity contribution is 5.75. The maximum absolute atomic E-state index is 9.21. The maximum Gasteiger partial charge on any atom is 0.117 e. The van der Waals surface area contributed by atoms with Gasteiger partial charge in [-0.3, -0.25) is 0 Å². The number of hydrogen-bond donors (Lipinski definition) is 2. The summed E-state index contributed by atoms with van der Waals surface area (Å²) in [5, 5.41) is 25.6. The summed E-state index contributed by atoms with van der Waals surface area (Å²) in [7, 11) is 0. The first-order valence-corrected chi connectivity index (χ1v) is 3.94. The first-order valence-electron chi connectivity index (χ1n) is 3.94. The van der Waals surface area contributed by atoms with E-state index < -0.39 is 0 Å². The molecule has 0 aliphatic heterocycles. The first-order chi connectivity index (χ1) is 6.31. The van der Waals surface area contributed by atoms with Crippen molar-refractivity contribution in [2.75, 3.05) is 6.61 Å². The zero-order valence-electron chi connectivity index (χ0n) is 6.88. The van der Waals surface area contributed by atoms with Gasteiger partial charge in [-0.2, -0.15) is 0 Å². The Morgan fingerprint density at radius 3 is 3.00 bits per heavy atom. The van der Waals surface area contributed by atoms with E-state index in [4.69, 9.17) is 5.11 Å². The third-order valence-electron chi connectivity index (χ3n) is 1.81. The molecule has 1 aromatic heterocycles. The van der Waals surface area contributed by atoms with Gasteiger partial charge in [0.1, 0.15) is 11.3 Å². The highest BCUT2D eigenvalue weighted by Crippen LogP contribution is 2.17. The number of benzene rings is 1. The fourth-order valence-electron chi connectivity index (χ4n) is 1.21. The Morgan fingerprint density at radius 1 is 1.38 bits per heavy atom. The quantitative estimate of drug-likeness (QED) is 0.687. The molecule has 0 aliphatic carbocycles. The number of hydrogen-bond acceptors (Lipinski definition) is 4. The molecule has 1 heterocycles. The van der Waals surface area contributed by atoms with Crippen LogP contribution < -0.4 is 0 Å². The van der Waals surface area contributed by atoms with E-state index in [1.807, 2.05) is 0 Å². The van der Waals surface area contributed by atoms with E-state index in [0.29, 0.717) is 12.1 Å². The Morgan fingerprint density at radius 2 is 2.23 bits per heavy atom. The lowest BCUT2D eigenvalue weighted by molar-refractivity contribution is 0.270. The Hall–Kier alpha value is -1.62. The molecule has 0 spiro atoms. The van der Waals surface area contributed by atoms with Gasteiger partial charge in [-0.15, -0.1) is 5.10 Å². The molecule has 5 heteroatoms. The minimum atomic E-state index is 0.00805. The van der Waals surface area contributed by atoms with Crippen molar-refractivity contribution < 1.29 is 10.2 Å². The van der Waals surface area contributed by atoms with Gasteiger partial charge in [0.2, 0.25) is 0 Å². The van der Waals surface area contributed by atoms with Gasteiger partial charge in [-0.25, -0.2) is 4.68 Å². The number of rotatable bonds is 2. The molecule has 0 amide bonds. The molecule has 2 aromatic rings. The largest absolute Gasteiger partial charge is 0.508 e. The van der Waals surface area contributed by atoms with Crippen LogP contribution in [0, 0.1) is 0 Å². The van der Waals surface area contributed by atoms with Crippen molar-refractivity contribution >= 4 is 11.0 Å². The third kappa shape index (κ3) is 1.33. The molecule has 0 radical (unpaired) electrons. The van der Waals surface area contributed by atoms with E-state index in [9.17, 15) is 5.11 Å². The number of nitrogens with zero attached hydrogens (tertiary/aromatic N) is 3. The van der Waals surface area contributed by atoms with Crippen LogP contribution in [-0.2, 0) is 6.54 Å². The van der Waals surface area contributed by atoms with E-state index >= 15 is 0 Å². The summed E-state index contributed by atoms with van der Waals surface area (Å²) in [4.78, 5) is 0. The minimum absolute atomic E-state index is 0.00805. The lowest BCUT2D eigenvalue weighted by Crippen LogP contribution is -2.03. The lowest BCUT2D eigenvalue weighted by atomic mass is 10.3. The highest BCUT2D eigenvalue weighted by atomic mass is 16.3. The van der Waals surface area contributed by atoms with E-state index in [2.05, 4.69) is 10.3 Å². The fourth-order valence-corrected chi connectivity index (χ4v) is 1.21. The highest BCUT2D eigenvalue weighted by Gasteiger charge is 2.03. The van der Waals surface area contributed by atoms with Crippen LogP contribution in [0.15, 0.2) is 18.2 Å². The molecule has 2 N–H and O–H groups in total. The zero-order valence-corrected chi connectivity index (χ0v) is 6.88. The van der Waals surface area contributed by atoms with Crippen LogP contribution in [0.3, 0.4) is 0 Å². The minimum Gasteiger partial charge on any atom is -0.508 e. The summed E-state index contributed by atoms with van der Waals surface area (Å²) in [5.41, 5.74) is 1.44. The van der Waals surface area contributed by atoms with E-state index in [-0.39, 0.29) is 12.4 Å². The SMILES string of the molecule is OCCn1nnc2ccc(O)cc21. The second-order valence-corrected chi connectivity index (χ2v) is 2.71. The Balaban J connectivity index is 2.58. The number of aromatic hydroxyl groups is 1.